The highest BCUT2D eigenvalue weighted by Gasteiger charge is 2.40. The molecule has 2 aliphatic rings. The molecular formula is C11H20N2O. The van der Waals surface area contributed by atoms with Crippen LogP contribution in [0.25, 0.3) is 0 Å². The summed E-state index contributed by atoms with van der Waals surface area (Å²) in [5.74, 6) is 1.79. The summed E-state index contributed by atoms with van der Waals surface area (Å²) < 4.78 is 0. The molecule has 3 nitrogen and oxygen atoms in total. The standard InChI is InChI=1S/C11H20N2O/c1-7-5-9(7)11(14)13-10-3-4-12-6-8(10)2/h7-10,12H,3-6H2,1-2H3,(H,13,14). The van der Waals surface area contributed by atoms with E-state index in [0.29, 0.717) is 23.8 Å². The minimum Gasteiger partial charge on any atom is -0.353 e. The van der Waals surface area contributed by atoms with Crippen LogP contribution in [0.3, 0.4) is 0 Å². The van der Waals surface area contributed by atoms with E-state index < -0.39 is 0 Å². The molecule has 1 saturated carbocycles. The van der Waals surface area contributed by atoms with Crippen LogP contribution in [-0.2, 0) is 4.79 Å². The molecule has 0 spiro atoms. The molecule has 1 amide bonds. The predicted octanol–water partition coefficient (Wildman–Crippen LogP) is 0.757. The van der Waals surface area contributed by atoms with E-state index in [-0.39, 0.29) is 5.91 Å². The molecule has 0 aromatic rings. The van der Waals surface area contributed by atoms with E-state index in [1.165, 1.54) is 0 Å². The summed E-state index contributed by atoms with van der Waals surface area (Å²) in [5.41, 5.74) is 0. The maximum absolute atomic E-state index is 11.7. The van der Waals surface area contributed by atoms with Crippen molar-refractivity contribution in [1.82, 2.24) is 10.6 Å². The lowest BCUT2D eigenvalue weighted by molar-refractivity contribution is -0.123. The molecule has 0 aromatic heterocycles. The fraction of sp³-hybridized carbons (Fsp3) is 0.909. The topological polar surface area (TPSA) is 41.1 Å². The second-order valence-electron chi connectivity index (χ2n) is 4.90. The zero-order chi connectivity index (χ0) is 10.1. The fourth-order valence-electron chi connectivity index (χ4n) is 2.21. The van der Waals surface area contributed by atoms with E-state index in [1.54, 1.807) is 0 Å². The zero-order valence-electron chi connectivity index (χ0n) is 9.05. The number of piperidine rings is 1. The highest BCUT2D eigenvalue weighted by molar-refractivity contribution is 5.81. The normalized spacial score (nSPS) is 41.9. The fourth-order valence-corrected chi connectivity index (χ4v) is 2.21. The Morgan fingerprint density at radius 3 is 2.64 bits per heavy atom. The lowest BCUT2D eigenvalue weighted by Gasteiger charge is -2.30. The molecule has 2 fully saturated rings. The third-order valence-corrected chi connectivity index (χ3v) is 3.56. The van der Waals surface area contributed by atoms with Crippen molar-refractivity contribution in [3.05, 3.63) is 0 Å². The predicted molar refractivity (Wildman–Crippen MR) is 55.9 cm³/mol. The Kier molecular flexibility index (Phi) is 2.77. The molecule has 4 unspecified atom stereocenters. The SMILES string of the molecule is CC1CNCCC1NC(=O)C1CC1C. The van der Waals surface area contributed by atoms with Crippen LogP contribution in [0, 0.1) is 17.8 Å². The number of hydrogen-bond donors (Lipinski definition) is 2. The van der Waals surface area contributed by atoms with Crippen molar-refractivity contribution in [2.24, 2.45) is 17.8 Å². The minimum atomic E-state index is 0.288. The maximum atomic E-state index is 11.7. The van der Waals surface area contributed by atoms with Gasteiger partial charge in [-0.25, -0.2) is 0 Å². The molecule has 2 N–H and O–H groups in total. The van der Waals surface area contributed by atoms with Crippen molar-refractivity contribution in [3.8, 4) is 0 Å². The first kappa shape index (κ1) is 9.97. The number of amides is 1. The third kappa shape index (κ3) is 2.08. The van der Waals surface area contributed by atoms with Crippen molar-refractivity contribution in [2.45, 2.75) is 32.7 Å². The molecule has 0 bridgehead atoms. The van der Waals surface area contributed by atoms with Gasteiger partial charge in [0.25, 0.3) is 0 Å². The Bertz CT molecular complexity index is 229. The van der Waals surface area contributed by atoms with Crippen molar-refractivity contribution < 1.29 is 4.79 Å². The van der Waals surface area contributed by atoms with Gasteiger partial charge in [0.1, 0.15) is 0 Å². The maximum Gasteiger partial charge on any atom is 0.223 e. The molecule has 14 heavy (non-hydrogen) atoms. The minimum absolute atomic E-state index is 0.288. The summed E-state index contributed by atoms with van der Waals surface area (Å²) in [4.78, 5) is 11.7. The summed E-state index contributed by atoms with van der Waals surface area (Å²) >= 11 is 0. The third-order valence-electron chi connectivity index (χ3n) is 3.56. The molecular weight excluding hydrogens is 176 g/mol. The van der Waals surface area contributed by atoms with E-state index in [4.69, 9.17) is 0 Å². The second-order valence-corrected chi connectivity index (χ2v) is 4.90. The summed E-state index contributed by atoms with van der Waals surface area (Å²) in [6.45, 7) is 6.42. The van der Waals surface area contributed by atoms with Crippen LogP contribution in [0.15, 0.2) is 0 Å². The summed E-state index contributed by atoms with van der Waals surface area (Å²) in [7, 11) is 0. The molecule has 1 aliphatic carbocycles. The van der Waals surface area contributed by atoms with E-state index >= 15 is 0 Å². The first-order valence-corrected chi connectivity index (χ1v) is 5.69. The molecule has 1 heterocycles. The average Bonchev–Trinajstić information content (AvgIpc) is 2.87. The van der Waals surface area contributed by atoms with E-state index in [0.717, 1.165) is 25.9 Å². The van der Waals surface area contributed by atoms with Gasteiger partial charge in [-0.3, -0.25) is 4.79 Å². The Morgan fingerprint density at radius 1 is 1.36 bits per heavy atom. The molecule has 4 atom stereocenters. The molecule has 1 saturated heterocycles. The van der Waals surface area contributed by atoms with Gasteiger partial charge in [0.05, 0.1) is 0 Å². The van der Waals surface area contributed by atoms with Crippen LogP contribution >= 0.6 is 0 Å². The first-order chi connectivity index (χ1) is 6.68. The molecule has 1 aliphatic heterocycles. The van der Waals surface area contributed by atoms with Gasteiger partial charge in [-0.2, -0.15) is 0 Å². The highest BCUT2D eigenvalue weighted by atomic mass is 16.2. The lowest BCUT2D eigenvalue weighted by atomic mass is 9.95. The van der Waals surface area contributed by atoms with Crippen LogP contribution in [0.5, 0.6) is 0 Å². The van der Waals surface area contributed by atoms with Crippen LogP contribution in [0.1, 0.15) is 26.7 Å². The first-order valence-electron chi connectivity index (χ1n) is 5.69. The largest absolute Gasteiger partial charge is 0.353 e. The average molecular weight is 196 g/mol. The number of hydrogen-bond acceptors (Lipinski definition) is 2. The van der Waals surface area contributed by atoms with Gasteiger partial charge in [0, 0.05) is 12.0 Å². The van der Waals surface area contributed by atoms with Gasteiger partial charge >= 0.3 is 0 Å². The van der Waals surface area contributed by atoms with Gasteiger partial charge in [-0.05, 0) is 37.8 Å². The van der Waals surface area contributed by atoms with Crippen LogP contribution < -0.4 is 10.6 Å². The van der Waals surface area contributed by atoms with Gasteiger partial charge < -0.3 is 10.6 Å². The van der Waals surface area contributed by atoms with Gasteiger partial charge in [-0.15, -0.1) is 0 Å². The zero-order valence-corrected chi connectivity index (χ0v) is 9.05. The van der Waals surface area contributed by atoms with Crippen molar-refractivity contribution in [1.29, 1.82) is 0 Å². The lowest BCUT2D eigenvalue weighted by Crippen LogP contribution is -2.48. The summed E-state index contributed by atoms with van der Waals surface area (Å²) in [5, 5.41) is 6.52. The number of rotatable bonds is 2. The molecule has 3 heteroatoms. The Balaban J connectivity index is 1.80. The number of nitrogens with one attached hydrogen (secondary N) is 2. The van der Waals surface area contributed by atoms with Gasteiger partial charge in [0.2, 0.25) is 5.91 Å². The monoisotopic (exact) mass is 196 g/mol. The Hall–Kier alpha value is -0.570. The quantitative estimate of drug-likeness (QED) is 0.684. The highest BCUT2D eigenvalue weighted by Crippen LogP contribution is 2.37. The molecule has 0 radical (unpaired) electrons. The van der Waals surface area contributed by atoms with E-state index in [2.05, 4.69) is 24.5 Å². The smallest absolute Gasteiger partial charge is 0.223 e. The van der Waals surface area contributed by atoms with Gasteiger partial charge in [-0.1, -0.05) is 13.8 Å². The Morgan fingerprint density at radius 2 is 2.07 bits per heavy atom. The van der Waals surface area contributed by atoms with Crippen LogP contribution in [0.2, 0.25) is 0 Å². The van der Waals surface area contributed by atoms with Crippen LogP contribution in [0.4, 0.5) is 0 Å². The van der Waals surface area contributed by atoms with Crippen molar-refractivity contribution in [3.63, 3.8) is 0 Å². The van der Waals surface area contributed by atoms with Gasteiger partial charge in [0.15, 0.2) is 0 Å². The van der Waals surface area contributed by atoms with Crippen molar-refractivity contribution >= 4 is 5.91 Å². The van der Waals surface area contributed by atoms with E-state index in [1.807, 2.05) is 0 Å². The second kappa shape index (κ2) is 3.89. The van der Waals surface area contributed by atoms with E-state index in [9.17, 15) is 4.79 Å². The molecule has 2 rings (SSSR count). The summed E-state index contributed by atoms with van der Waals surface area (Å²) in [6, 6.07) is 0.400. The number of carbonyl (C=O) groups is 1. The van der Waals surface area contributed by atoms with Crippen LogP contribution in [-0.4, -0.2) is 25.0 Å². The molecule has 80 valence electrons. The number of carbonyl (C=O) groups excluding carboxylic acids is 1. The summed E-state index contributed by atoms with van der Waals surface area (Å²) in [6.07, 6.45) is 2.17. The molecule has 0 aromatic carbocycles. The Labute approximate surface area is 85.6 Å². The van der Waals surface area contributed by atoms with Crippen molar-refractivity contribution in [2.75, 3.05) is 13.1 Å².